The van der Waals surface area contributed by atoms with Gasteiger partial charge >= 0.3 is 5.63 Å². The Morgan fingerprint density at radius 2 is 1.86 bits per heavy atom. The van der Waals surface area contributed by atoms with Crippen molar-refractivity contribution < 1.29 is 28.5 Å². The molecule has 1 aromatic carbocycles. The summed E-state index contributed by atoms with van der Waals surface area (Å²) >= 11 is 0. The quantitative estimate of drug-likeness (QED) is 0.472. The van der Waals surface area contributed by atoms with Gasteiger partial charge < -0.3 is 28.5 Å². The van der Waals surface area contributed by atoms with Gasteiger partial charge in [0.05, 0.1) is 22.6 Å². The number of aliphatic hydroxyl groups is 2. The van der Waals surface area contributed by atoms with E-state index < -0.39 is 17.3 Å². The standard InChI is InChI=1S/C21H24O7/c1-12(2)7-9-25-17-13-5-6-16(23)28-19(13)20(18-14(17)8-10-26-18)27-11-15(22)21(3,4)24/h5-8,10,15,22,24H,9,11H2,1-4H3/t15-/m1/s1. The van der Waals surface area contributed by atoms with Crippen LogP contribution in [0.3, 0.4) is 0 Å². The maximum atomic E-state index is 11.8. The smallest absolute Gasteiger partial charge is 0.336 e. The van der Waals surface area contributed by atoms with Gasteiger partial charge in [0.1, 0.15) is 25.1 Å². The summed E-state index contributed by atoms with van der Waals surface area (Å²) in [4.78, 5) is 11.8. The van der Waals surface area contributed by atoms with E-state index in [1.54, 1.807) is 12.1 Å². The van der Waals surface area contributed by atoms with Crippen molar-refractivity contribution in [1.82, 2.24) is 0 Å². The second-order valence-electron chi connectivity index (χ2n) is 7.39. The Balaban J connectivity index is 2.13. The molecule has 0 radical (unpaired) electrons. The van der Waals surface area contributed by atoms with E-state index in [2.05, 4.69) is 0 Å². The molecule has 0 aliphatic heterocycles. The Kier molecular flexibility index (Phi) is 5.49. The molecule has 0 aliphatic rings. The van der Waals surface area contributed by atoms with Gasteiger partial charge in [-0.15, -0.1) is 0 Å². The van der Waals surface area contributed by atoms with Gasteiger partial charge in [0.25, 0.3) is 0 Å². The summed E-state index contributed by atoms with van der Waals surface area (Å²) in [6.45, 7) is 7.01. The lowest BCUT2D eigenvalue weighted by molar-refractivity contribution is -0.0660. The van der Waals surface area contributed by atoms with E-state index in [-0.39, 0.29) is 17.9 Å². The summed E-state index contributed by atoms with van der Waals surface area (Å²) < 4.78 is 22.6. The van der Waals surface area contributed by atoms with Gasteiger partial charge in [0.15, 0.2) is 11.2 Å². The maximum Gasteiger partial charge on any atom is 0.336 e. The van der Waals surface area contributed by atoms with Crippen LogP contribution in [0.4, 0.5) is 0 Å². The largest absolute Gasteiger partial charge is 0.488 e. The number of fused-ring (bicyclic) bond motifs is 2. The van der Waals surface area contributed by atoms with Crippen molar-refractivity contribution in [3.8, 4) is 11.5 Å². The number of furan rings is 1. The predicted molar refractivity (Wildman–Crippen MR) is 105 cm³/mol. The van der Waals surface area contributed by atoms with Crippen LogP contribution in [0.25, 0.3) is 21.9 Å². The molecule has 3 rings (SSSR count). The zero-order valence-corrected chi connectivity index (χ0v) is 16.3. The van der Waals surface area contributed by atoms with Crippen molar-refractivity contribution in [2.45, 2.75) is 39.4 Å². The van der Waals surface area contributed by atoms with Crippen LogP contribution in [-0.4, -0.2) is 35.1 Å². The molecule has 7 heteroatoms. The molecule has 0 spiro atoms. The number of benzene rings is 1. The second kappa shape index (κ2) is 7.69. The van der Waals surface area contributed by atoms with Crippen LogP contribution in [0.15, 0.2) is 49.7 Å². The third kappa shape index (κ3) is 4.05. The van der Waals surface area contributed by atoms with Crippen LogP contribution in [-0.2, 0) is 0 Å². The van der Waals surface area contributed by atoms with Crippen LogP contribution in [0.1, 0.15) is 27.7 Å². The normalized spacial score (nSPS) is 12.9. The Hall–Kier alpha value is -2.77. The number of rotatable bonds is 7. The molecular formula is C21H24O7. The molecule has 0 saturated heterocycles. The van der Waals surface area contributed by atoms with E-state index in [4.69, 9.17) is 18.3 Å². The molecule has 1 atom stereocenters. The van der Waals surface area contributed by atoms with Crippen LogP contribution >= 0.6 is 0 Å². The zero-order chi connectivity index (χ0) is 20.5. The number of hydrogen-bond donors (Lipinski definition) is 2. The molecule has 2 N–H and O–H groups in total. The zero-order valence-electron chi connectivity index (χ0n) is 16.3. The molecule has 0 saturated carbocycles. The molecule has 0 unspecified atom stereocenters. The van der Waals surface area contributed by atoms with Crippen LogP contribution in [0.2, 0.25) is 0 Å². The highest BCUT2D eigenvalue weighted by Crippen LogP contribution is 2.43. The molecule has 150 valence electrons. The van der Waals surface area contributed by atoms with Crippen LogP contribution in [0, 0.1) is 0 Å². The van der Waals surface area contributed by atoms with Gasteiger partial charge in [-0.2, -0.15) is 0 Å². The molecular weight excluding hydrogens is 364 g/mol. The molecule has 0 aliphatic carbocycles. The maximum absolute atomic E-state index is 11.8. The van der Waals surface area contributed by atoms with Crippen molar-refractivity contribution in [2.75, 3.05) is 13.2 Å². The van der Waals surface area contributed by atoms with Gasteiger partial charge in [-0.25, -0.2) is 4.79 Å². The van der Waals surface area contributed by atoms with Crippen LogP contribution in [0.5, 0.6) is 11.5 Å². The van der Waals surface area contributed by atoms with Gasteiger partial charge in [-0.1, -0.05) is 5.57 Å². The SMILES string of the molecule is CC(C)=CCOc1c2ccoc2c(OC[C@@H](O)C(C)(C)O)c2oc(=O)ccc12. The number of hydrogen-bond acceptors (Lipinski definition) is 7. The topological polar surface area (TPSA) is 102 Å². The Morgan fingerprint density at radius 1 is 1.14 bits per heavy atom. The predicted octanol–water partition coefficient (Wildman–Crippen LogP) is 3.39. The highest BCUT2D eigenvalue weighted by Gasteiger charge is 2.27. The summed E-state index contributed by atoms with van der Waals surface area (Å²) in [6.07, 6.45) is 2.26. The fourth-order valence-electron chi connectivity index (χ4n) is 2.62. The van der Waals surface area contributed by atoms with Crippen LogP contribution < -0.4 is 15.1 Å². The highest BCUT2D eigenvalue weighted by atomic mass is 16.5. The second-order valence-corrected chi connectivity index (χ2v) is 7.39. The van der Waals surface area contributed by atoms with E-state index in [0.29, 0.717) is 28.7 Å². The van der Waals surface area contributed by atoms with Crippen molar-refractivity contribution in [3.05, 3.63) is 46.5 Å². The van der Waals surface area contributed by atoms with Crippen molar-refractivity contribution in [2.24, 2.45) is 0 Å². The highest BCUT2D eigenvalue weighted by molar-refractivity contribution is 6.06. The lowest BCUT2D eigenvalue weighted by Crippen LogP contribution is -2.40. The number of ether oxygens (including phenoxy) is 2. The molecule has 0 amide bonds. The molecule has 7 nitrogen and oxygen atoms in total. The Bertz CT molecular complexity index is 1060. The first-order valence-electron chi connectivity index (χ1n) is 8.95. The first-order valence-corrected chi connectivity index (χ1v) is 8.95. The molecule has 2 heterocycles. The Morgan fingerprint density at radius 3 is 2.54 bits per heavy atom. The monoisotopic (exact) mass is 388 g/mol. The van der Waals surface area contributed by atoms with Gasteiger partial charge in [-0.3, -0.25) is 0 Å². The summed E-state index contributed by atoms with van der Waals surface area (Å²) in [5, 5.41) is 21.2. The minimum atomic E-state index is -1.35. The van der Waals surface area contributed by atoms with E-state index in [1.165, 1.54) is 26.2 Å². The summed E-state index contributed by atoms with van der Waals surface area (Å²) in [5.41, 5.74) is -0.310. The molecule has 2 aromatic heterocycles. The first-order chi connectivity index (χ1) is 13.2. The molecule has 0 fully saturated rings. The van der Waals surface area contributed by atoms with E-state index >= 15 is 0 Å². The molecule has 0 bridgehead atoms. The van der Waals surface area contributed by atoms with E-state index in [1.807, 2.05) is 19.9 Å². The summed E-state index contributed by atoms with van der Waals surface area (Å²) in [6, 6.07) is 4.64. The molecule has 28 heavy (non-hydrogen) atoms. The third-order valence-corrected chi connectivity index (χ3v) is 4.32. The number of allylic oxidation sites excluding steroid dienone is 1. The average Bonchev–Trinajstić information content (AvgIpc) is 3.08. The van der Waals surface area contributed by atoms with Crippen molar-refractivity contribution in [3.63, 3.8) is 0 Å². The number of aliphatic hydroxyl groups excluding tert-OH is 1. The molecule has 3 aromatic rings. The minimum Gasteiger partial charge on any atom is -0.488 e. The van der Waals surface area contributed by atoms with Crippen molar-refractivity contribution in [1.29, 1.82) is 0 Å². The fourth-order valence-corrected chi connectivity index (χ4v) is 2.62. The van der Waals surface area contributed by atoms with Gasteiger partial charge in [-0.05, 0) is 45.9 Å². The van der Waals surface area contributed by atoms with Gasteiger partial charge in [0.2, 0.25) is 5.75 Å². The third-order valence-electron chi connectivity index (χ3n) is 4.32. The van der Waals surface area contributed by atoms with Gasteiger partial charge in [0, 0.05) is 6.07 Å². The first kappa shape index (κ1) is 20.0. The Labute approximate surface area is 161 Å². The fraction of sp³-hybridized carbons (Fsp3) is 0.381. The van der Waals surface area contributed by atoms with Crippen molar-refractivity contribution >= 4 is 21.9 Å². The summed E-state index contributed by atoms with van der Waals surface area (Å²) in [7, 11) is 0. The lowest BCUT2D eigenvalue weighted by Gasteiger charge is -2.24. The van der Waals surface area contributed by atoms with E-state index in [9.17, 15) is 15.0 Å². The lowest BCUT2D eigenvalue weighted by atomic mass is 10.0. The minimum absolute atomic E-state index is 0.157. The van der Waals surface area contributed by atoms with E-state index in [0.717, 1.165) is 5.57 Å². The summed E-state index contributed by atoms with van der Waals surface area (Å²) in [5.74, 6) is 0.681. The average molecular weight is 388 g/mol.